The van der Waals surface area contributed by atoms with Crippen LogP contribution in [0.4, 0.5) is 0 Å². The molecule has 0 saturated heterocycles. The number of hydrogen-bond acceptors (Lipinski definition) is 2. The third-order valence-electron chi connectivity index (χ3n) is 2.26. The Morgan fingerprint density at radius 1 is 1.46 bits per heavy atom. The van der Waals surface area contributed by atoms with Gasteiger partial charge in [-0.05, 0) is 12.5 Å². The van der Waals surface area contributed by atoms with Crippen molar-refractivity contribution < 1.29 is 4.74 Å². The van der Waals surface area contributed by atoms with Crippen LogP contribution in [-0.2, 0) is 6.42 Å². The van der Waals surface area contributed by atoms with Gasteiger partial charge in [-0.2, -0.15) is 0 Å². The summed E-state index contributed by atoms with van der Waals surface area (Å²) in [6.45, 7) is 0.909. The van der Waals surface area contributed by atoms with Crippen molar-refractivity contribution in [3.63, 3.8) is 0 Å². The Bertz CT molecular complexity index is 349. The van der Waals surface area contributed by atoms with Gasteiger partial charge in [0.15, 0.2) is 0 Å². The third-order valence-corrected chi connectivity index (χ3v) is 2.62. The molecule has 1 heterocycles. The molecule has 2 nitrogen and oxygen atoms in total. The SMILES string of the molecule is COc1cccc2c1CCNC2=S. The van der Waals surface area contributed by atoms with Crippen LogP contribution < -0.4 is 10.1 Å². The Balaban J connectivity index is 2.54. The number of rotatable bonds is 1. The van der Waals surface area contributed by atoms with E-state index in [9.17, 15) is 0 Å². The van der Waals surface area contributed by atoms with E-state index in [1.807, 2.05) is 18.2 Å². The fourth-order valence-electron chi connectivity index (χ4n) is 1.62. The van der Waals surface area contributed by atoms with Crippen LogP contribution >= 0.6 is 12.2 Å². The molecule has 0 amide bonds. The van der Waals surface area contributed by atoms with Crippen LogP contribution in [0.2, 0.25) is 0 Å². The fraction of sp³-hybridized carbons (Fsp3) is 0.300. The first-order valence-corrected chi connectivity index (χ1v) is 4.68. The summed E-state index contributed by atoms with van der Waals surface area (Å²) in [5, 5.41) is 3.17. The van der Waals surface area contributed by atoms with Gasteiger partial charge in [0.25, 0.3) is 0 Å². The van der Waals surface area contributed by atoms with Gasteiger partial charge in [-0.3, -0.25) is 0 Å². The Morgan fingerprint density at radius 3 is 3.08 bits per heavy atom. The zero-order valence-electron chi connectivity index (χ0n) is 7.46. The van der Waals surface area contributed by atoms with Gasteiger partial charge in [-0.15, -0.1) is 0 Å². The second-order valence-electron chi connectivity index (χ2n) is 2.99. The van der Waals surface area contributed by atoms with Gasteiger partial charge in [0.2, 0.25) is 0 Å². The highest BCUT2D eigenvalue weighted by Crippen LogP contribution is 2.24. The van der Waals surface area contributed by atoms with E-state index in [0.29, 0.717) is 0 Å². The average molecular weight is 193 g/mol. The minimum atomic E-state index is 0.833. The van der Waals surface area contributed by atoms with Gasteiger partial charge >= 0.3 is 0 Å². The van der Waals surface area contributed by atoms with E-state index in [-0.39, 0.29) is 0 Å². The normalized spacial score (nSPS) is 14.7. The van der Waals surface area contributed by atoms with E-state index in [2.05, 4.69) is 5.32 Å². The number of hydrogen-bond donors (Lipinski definition) is 1. The van der Waals surface area contributed by atoms with E-state index in [4.69, 9.17) is 17.0 Å². The van der Waals surface area contributed by atoms with Gasteiger partial charge in [-0.25, -0.2) is 0 Å². The summed E-state index contributed by atoms with van der Waals surface area (Å²) < 4.78 is 5.27. The van der Waals surface area contributed by atoms with E-state index >= 15 is 0 Å². The zero-order valence-corrected chi connectivity index (χ0v) is 8.28. The van der Waals surface area contributed by atoms with E-state index in [1.165, 1.54) is 5.56 Å². The highest BCUT2D eigenvalue weighted by molar-refractivity contribution is 7.80. The molecule has 0 bridgehead atoms. The number of methoxy groups -OCH3 is 1. The van der Waals surface area contributed by atoms with Gasteiger partial charge in [-0.1, -0.05) is 24.4 Å². The predicted molar refractivity (Wildman–Crippen MR) is 56.4 cm³/mol. The molecule has 1 aliphatic rings. The minimum absolute atomic E-state index is 0.833. The Hall–Kier alpha value is -1.09. The van der Waals surface area contributed by atoms with Crippen molar-refractivity contribution in [3.8, 4) is 5.75 Å². The third kappa shape index (κ3) is 1.40. The molecule has 68 valence electrons. The van der Waals surface area contributed by atoms with Crippen molar-refractivity contribution in [2.45, 2.75) is 6.42 Å². The zero-order chi connectivity index (χ0) is 9.26. The first-order chi connectivity index (χ1) is 6.33. The van der Waals surface area contributed by atoms with Crippen LogP contribution in [0.25, 0.3) is 0 Å². The van der Waals surface area contributed by atoms with Crippen molar-refractivity contribution >= 4 is 17.2 Å². The number of thiocarbonyl (C=S) groups is 1. The van der Waals surface area contributed by atoms with E-state index < -0.39 is 0 Å². The van der Waals surface area contributed by atoms with Crippen LogP contribution in [0.3, 0.4) is 0 Å². The molecular weight excluding hydrogens is 182 g/mol. The summed E-state index contributed by atoms with van der Waals surface area (Å²) in [5.74, 6) is 0.946. The topological polar surface area (TPSA) is 21.3 Å². The average Bonchev–Trinajstić information content (AvgIpc) is 2.18. The molecular formula is C10H11NOS. The Labute approximate surface area is 82.9 Å². The maximum Gasteiger partial charge on any atom is 0.122 e. The van der Waals surface area contributed by atoms with Crippen LogP contribution in [0, 0.1) is 0 Å². The first kappa shape index (κ1) is 8.51. The van der Waals surface area contributed by atoms with Crippen molar-refractivity contribution in [1.29, 1.82) is 0 Å². The summed E-state index contributed by atoms with van der Waals surface area (Å²) >= 11 is 5.20. The number of ether oxygens (including phenoxy) is 1. The molecule has 0 aromatic heterocycles. The Kier molecular flexibility index (Phi) is 2.19. The van der Waals surface area contributed by atoms with Gasteiger partial charge in [0, 0.05) is 17.7 Å². The lowest BCUT2D eigenvalue weighted by molar-refractivity contribution is 0.409. The monoisotopic (exact) mass is 193 g/mol. The van der Waals surface area contributed by atoms with E-state index in [0.717, 1.165) is 29.3 Å². The fourth-order valence-corrected chi connectivity index (χ4v) is 1.92. The van der Waals surface area contributed by atoms with Crippen LogP contribution in [0.5, 0.6) is 5.75 Å². The molecule has 2 rings (SSSR count). The first-order valence-electron chi connectivity index (χ1n) is 4.27. The van der Waals surface area contributed by atoms with Crippen molar-refractivity contribution in [2.75, 3.05) is 13.7 Å². The second kappa shape index (κ2) is 3.34. The lowest BCUT2D eigenvalue weighted by atomic mass is 10.00. The van der Waals surface area contributed by atoms with Crippen molar-refractivity contribution in [3.05, 3.63) is 29.3 Å². The van der Waals surface area contributed by atoms with Crippen molar-refractivity contribution in [1.82, 2.24) is 5.32 Å². The van der Waals surface area contributed by atoms with Gasteiger partial charge < -0.3 is 10.1 Å². The summed E-state index contributed by atoms with van der Waals surface area (Å²) in [4.78, 5) is 0.833. The largest absolute Gasteiger partial charge is 0.496 e. The molecule has 1 aromatic rings. The molecule has 1 aromatic carbocycles. The van der Waals surface area contributed by atoms with Gasteiger partial charge in [0.05, 0.1) is 7.11 Å². The lowest BCUT2D eigenvalue weighted by Gasteiger charge is -2.20. The van der Waals surface area contributed by atoms with Gasteiger partial charge in [0.1, 0.15) is 10.7 Å². The summed E-state index contributed by atoms with van der Waals surface area (Å²) in [6.07, 6.45) is 0.986. The second-order valence-corrected chi connectivity index (χ2v) is 3.40. The molecule has 0 atom stereocenters. The predicted octanol–water partition coefficient (Wildman–Crippen LogP) is 1.52. The number of nitrogens with one attached hydrogen (secondary N) is 1. The molecule has 0 aliphatic carbocycles. The van der Waals surface area contributed by atoms with Crippen LogP contribution in [0.15, 0.2) is 18.2 Å². The summed E-state index contributed by atoms with van der Waals surface area (Å²) in [6, 6.07) is 5.98. The molecule has 0 spiro atoms. The molecule has 3 heteroatoms. The highest BCUT2D eigenvalue weighted by atomic mass is 32.1. The van der Waals surface area contributed by atoms with Crippen LogP contribution in [0.1, 0.15) is 11.1 Å². The Morgan fingerprint density at radius 2 is 2.31 bits per heavy atom. The number of benzene rings is 1. The molecule has 0 radical (unpaired) electrons. The van der Waals surface area contributed by atoms with E-state index in [1.54, 1.807) is 7.11 Å². The molecule has 0 fully saturated rings. The highest BCUT2D eigenvalue weighted by Gasteiger charge is 2.16. The van der Waals surface area contributed by atoms with Crippen molar-refractivity contribution in [2.24, 2.45) is 0 Å². The lowest BCUT2D eigenvalue weighted by Crippen LogP contribution is -2.31. The number of fused-ring (bicyclic) bond motifs is 1. The molecule has 0 saturated carbocycles. The van der Waals surface area contributed by atoms with Crippen LogP contribution in [-0.4, -0.2) is 18.6 Å². The summed E-state index contributed by atoms with van der Waals surface area (Å²) in [5.41, 5.74) is 2.34. The minimum Gasteiger partial charge on any atom is -0.496 e. The quantitative estimate of drug-likeness (QED) is 0.683. The smallest absolute Gasteiger partial charge is 0.122 e. The standard InChI is InChI=1S/C10H11NOS/c1-12-9-4-2-3-8-7(9)5-6-11-10(8)13/h2-4H,5-6H2,1H3,(H,11,13). The maximum absolute atomic E-state index is 5.27. The summed E-state index contributed by atoms with van der Waals surface area (Å²) in [7, 11) is 1.70. The molecule has 1 N–H and O–H groups in total. The maximum atomic E-state index is 5.27. The molecule has 1 aliphatic heterocycles. The molecule has 0 unspecified atom stereocenters. The molecule has 13 heavy (non-hydrogen) atoms.